The van der Waals surface area contributed by atoms with Crippen LogP contribution in [0.2, 0.25) is 0 Å². The summed E-state index contributed by atoms with van der Waals surface area (Å²) in [5.74, 6) is 0.287. The van der Waals surface area contributed by atoms with Gasteiger partial charge in [-0.1, -0.05) is 25.1 Å². The number of nitrogens with zero attached hydrogens (tertiary/aromatic N) is 4. The molecule has 2 heterocycles. The molecule has 0 spiro atoms. The highest BCUT2D eigenvalue weighted by Crippen LogP contribution is 2.28. The standard InChI is InChI=1S/C31H38N6O4/c1-6-28-35-33-19-36(28)18-22-11-12-23(9-8-10-29(38)41-7-2)26(15-22)34-30(39)21(4)37-17-20(3)25-14-13-24(16-27(25)37)31(40)32-5/h11-17,19,21H,6-10,18H2,1-5H3,(H,32,40)(H,34,39). The molecule has 0 aliphatic rings. The van der Waals surface area contributed by atoms with Crippen molar-refractivity contribution in [2.75, 3.05) is 19.0 Å². The number of carbonyl (C=O) groups is 3. The lowest BCUT2D eigenvalue weighted by Gasteiger charge is -2.19. The molecule has 2 aromatic carbocycles. The SMILES string of the molecule is CCOC(=O)CCCc1ccc(Cn2cnnc2CC)cc1NC(=O)C(C)n1cc(C)c2ccc(C(=O)NC)cc21. The van der Waals surface area contributed by atoms with E-state index in [9.17, 15) is 14.4 Å². The summed E-state index contributed by atoms with van der Waals surface area (Å²) in [7, 11) is 1.59. The van der Waals surface area contributed by atoms with Crippen molar-refractivity contribution >= 4 is 34.4 Å². The van der Waals surface area contributed by atoms with Gasteiger partial charge >= 0.3 is 5.97 Å². The van der Waals surface area contributed by atoms with Crippen LogP contribution in [0.15, 0.2) is 48.9 Å². The first-order valence-corrected chi connectivity index (χ1v) is 14.0. The predicted octanol–water partition coefficient (Wildman–Crippen LogP) is 4.60. The Kier molecular flexibility index (Phi) is 9.54. The molecule has 0 aliphatic heterocycles. The fourth-order valence-corrected chi connectivity index (χ4v) is 4.99. The number of aryl methyl sites for hydroxylation is 3. The van der Waals surface area contributed by atoms with Crippen LogP contribution < -0.4 is 10.6 Å². The van der Waals surface area contributed by atoms with E-state index in [1.54, 1.807) is 26.4 Å². The van der Waals surface area contributed by atoms with Crippen LogP contribution in [-0.4, -0.2) is 50.8 Å². The predicted molar refractivity (Wildman–Crippen MR) is 158 cm³/mol. The lowest BCUT2D eigenvalue weighted by atomic mass is 10.0. The Labute approximate surface area is 240 Å². The van der Waals surface area contributed by atoms with E-state index in [2.05, 4.69) is 20.8 Å². The van der Waals surface area contributed by atoms with Gasteiger partial charge in [0.25, 0.3) is 5.91 Å². The van der Waals surface area contributed by atoms with E-state index < -0.39 is 6.04 Å². The summed E-state index contributed by atoms with van der Waals surface area (Å²) in [5.41, 5.74) is 5.00. The summed E-state index contributed by atoms with van der Waals surface area (Å²) in [6, 6.07) is 11.0. The first kappa shape index (κ1) is 29.5. The molecule has 216 valence electrons. The monoisotopic (exact) mass is 558 g/mol. The van der Waals surface area contributed by atoms with Crippen molar-refractivity contribution in [3.8, 4) is 0 Å². The van der Waals surface area contributed by atoms with Crippen LogP contribution in [0.1, 0.15) is 72.5 Å². The Hall–Kier alpha value is -4.47. The number of anilines is 1. The largest absolute Gasteiger partial charge is 0.466 e. The van der Waals surface area contributed by atoms with Crippen LogP contribution in [0.25, 0.3) is 10.9 Å². The normalized spacial score (nSPS) is 11.8. The summed E-state index contributed by atoms with van der Waals surface area (Å²) in [4.78, 5) is 37.8. The third-order valence-electron chi connectivity index (χ3n) is 7.25. The van der Waals surface area contributed by atoms with Crippen LogP contribution in [0, 0.1) is 6.92 Å². The minimum absolute atomic E-state index is 0.182. The summed E-state index contributed by atoms with van der Waals surface area (Å²) in [6.07, 6.45) is 5.93. The maximum absolute atomic E-state index is 13.7. The van der Waals surface area contributed by atoms with Gasteiger partial charge in [0.15, 0.2) is 0 Å². The van der Waals surface area contributed by atoms with Gasteiger partial charge in [0.2, 0.25) is 5.91 Å². The first-order chi connectivity index (χ1) is 19.7. The number of carbonyl (C=O) groups excluding carboxylic acids is 3. The highest BCUT2D eigenvalue weighted by Gasteiger charge is 2.21. The minimum atomic E-state index is -0.549. The van der Waals surface area contributed by atoms with Gasteiger partial charge in [-0.2, -0.15) is 0 Å². The molecule has 1 unspecified atom stereocenters. The van der Waals surface area contributed by atoms with Crippen molar-refractivity contribution in [3.63, 3.8) is 0 Å². The van der Waals surface area contributed by atoms with E-state index in [1.807, 2.05) is 66.4 Å². The van der Waals surface area contributed by atoms with E-state index in [-0.39, 0.29) is 17.8 Å². The molecule has 0 bridgehead atoms. The molecule has 0 saturated carbocycles. The third-order valence-corrected chi connectivity index (χ3v) is 7.25. The molecule has 4 rings (SSSR count). The fraction of sp³-hybridized carbons (Fsp3) is 0.387. The molecule has 1 atom stereocenters. The number of ether oxygens (including phenoxy) is 1. The number of hydrogen-bond donors (Lipinski definition) is 2. The fourth-order valence-electron chi connectivity index (χ4n) is 4.99. The zero-order chi connectivity index (χ0) is 29.5. The average molecular weight is 559 g/mol. The number of fused-ring (bicyclic) bond motifs is 1. The Balaban J connectivity index is 1.61. The molecule has 0 radical (unpaired) electrons. The van der Waals surface area contributed by atoms with E-state index in [1.165, 1.54) is 0 Å². The maximum Gasteiger partial charge on any atom is 0.305 e. The van der Waals surface area contributed by atoms with E-state index in [0.717, 1.165) is 39.8 Å². The second-order valence-electron chi connectivity index (χ2n) is 10.1. The number of nitrogens with one attached hydrogen (secondary N) is 2. The van der Waals surface area contributed by atoms with E-state index in [4.69, 9.17) is 4.74 Å². The molecular formula is C31H38N6O4. The second kappa shape index (κ2) is 13.3. The zero-order valence-corrected chi connectivity index (χ0v) is 24.4. The molecule has 0 saturated heterocycles. The molecule has 10 nitrogen and oxygen atoms in total. The lowest BCUT2D eigenvalue weighted by molar-refractivity contribution is -0.143. The van der Waals surface area contributed by atoms with Crippen molar-refractivity contribution in [1.82, 2.24) is 24.6 Å². The van der Waals surface area contributed by atoms with Crippen molar-refractivity contribution < 1.29 is 19.1 Å². The van der Waals surface area contributed by atoms with Crippen LogP contribution in [0.3, 0.4) is 0 Å². The van der Waals surface area contributed by atoms with E-state index >= 15 is 0 Å². The molecule has 41 heavy (non-hydrogen) atoms. The van der Waals surface area contributed by atoms with Gasteiger partial charge < -0.3 is 24.5 Å². The second-order valence-corrected chi connectivity index (χ2v) is 10.1. The average Bonchev–Trinajstić information content (AvgIpc) is 3.56. The highest BCUT2D eigenvalue weighted by atomic mass is 16.5. The van der Waals surface area contributed by atoms with Crippen LogP contribution in [0.5, 0.6) is 0 Å². The Morgan fingerprint density at radius 2 is 1.90 bits per heavy atom. The molecule has 2 N–H and O–H groups in total. The van der Waals surface area contributed by atoms with Crippen LogP contribution >= 0.6 is 0 Å². The van der Waals surface area contributed by atoms with Gasteiger partial charge in [-0.3, -0.25) is 14.4 Å². The van der Waals surface area contributed by atoms with Crippen LogP contribution in [0.4, 0.5) is 5.69 Å². The van der Waals surface area contributed by atoms with Gasteiger partial charge in [0.05, 0.1) is 13.2 Å². The number of esters is 1. The highest BCUT2D eigenvalue weighted by molar-refractivity contribution is 6.00. The third kappa shape index (κ3) is 6.82. The van der Waals surface area contributed by atoms with Crippen molar-refractivity contribution in [3.05, 3.63) is 77.0 Å². The Morgan fingerprint density at radius 3 is 2.63 bits per heavy atom. The number of hydrogen-bond acceptors (Lipinski definition) is 6. The summed E-state index contributed by atoms with van der Waals surface area (Å²) >= 11 is 0. The number of amides is 2. The van der Waals surface area contributed by atoms with Crippen molar-refractivity contribution in [2.45, 2.75) is 66.0 Å². The molecule has 4 aromatic rings. The lowest BCUT2D eigenvalue weighted by Crippen LogP contribution is -2.24. The number of benzene rings is 2. The van der Waals surface area contributed by atoms with Crippen molar-refractivity contribution in [1.29, 1.82) is 0 Å². The molecule has 2 amide bonds. The van der Waals surface area contributed by atoms with Crippen molar-refractivity contribution in [2.24, 2.45) is 0 Å². The smallest absolute Gasteiger partial charge is 0.305 e. The van der Waals surface area contributed by atoms with Gasteiger partial charge in [-0.15, -0.1) is 10.2 Å². The minimum Gasteiger partial charge on any atom is -0.466 e. The van der Waals surface area contributed by atoms with E-state index in [0.29, 0.717) is 43.7 Å². The quantitative estimate of drug-likeness (QED) is 0.245. The van der Waals surface area contributed by atoms with Gasteiger partial charge in [-0.25, -0.2) is 0 Å². The molecule has 0 fully saturated rings. The summed E-state index contributed by atoms with van der Waals surface area (Å²) < 4.78 is 8.96. The maximum atomic E-state index is 13.7. The number of aromatic nitrogens is 4. The Morgan fingerprint density at radius 1 is 1.10 bits per heavy atom. The molecule has 0 aliphatic carbocycles. The van der Waals surface area contributed by atoms with Gasteiger partial charge in [0, 0.05) is 48.2 Å². The van der Waals surface area contributed by atoms with Gasteiger partial charge in [0.1, 0.15) is 18.2 Å². The molecule has 2 aromatic heterocycles. The Bertz CT molecular complexity index is 1550. The molecule has 10 heteroatoms. The first-order valence-electron chi connectivity index (χ1n) is 14.0. The van der Waals surface area contributed by atoms with Gasteiger partial charge in [-0.05, 0) is 68.5 Å². The summed E-state index contributed by atoms with van der Waals surface area (Å²) in [6.45, 7) is 8.58. The number of rotatable bonds is 12. The van der Waals surface area contributed by atoms with Crippen LogP contribution in [-0.2, 0) is 33.7 Å². The topological polar surface area (TPSA) is 120 Å². The zero-order valence-electron chi connectivity index (χ0n) is 24.4. The molecular weight excluding hydrogens is 520 g/mol. The summed E-state index contributed by atoms with van der Waals surface area (Å²) in [5, 5.41) is 15.0.